The molecule has 1 atom stereocenters. The highest BCUT2D eigenvalue weighted by molar-refractivity contribution is 5.74. The Bertz CT molecular complexity index is 780. The normalized spacial score (nSPS) is 12.7. The first-order valence-electron chi connectivity index (χ1n) is 9.71. The van der Waals surface area contributed by atoms with Crippen molar-refractivity contribution in [2.24, 2.45) is 5.92 Å². The van der Waals surface area contributed by atoms with E-state index in [-0.39, 0.29) is 5.92 Å². The fourth-order valence-corrected chi connectivity index (χ4v) is 3.77. The van der Waals surface area contributed by atoms with Crippen molar-refractivity contribution in [2.75, 3.05) is 0 Å². The van der Waals surface area contributed by atoms with Gasteiger partial charge in [-0.3, -0.25) is 10.1 Å². The zero-order valence-electron chi connectivity index (χ0n) is 16.4. The quantitative estimate of drug-likeness (QED) is 0.542. The van der Waals surface area contributed by atoms with Crippen LogP contribution in [0.15, 0.2) is 91.0 Å². The molecular weight excluding hydrogens is 346 g/mol. The number of carbonyl (C=O) groups is 1. The van der Waals surface area contributed by atoms with E-state index in [1.54, 1.807) is 0 Å². The van der Waals surface area contributed by atoms with Gasteiger partial charge in [0.25, 0.3) is 0 Å². The predicted octanol–water partition coefficient (Wildman–Crippen LogP) is 5.07. The predicted molar refractivity (Wildman–Crippen MR) is 113 cm³/mol. The second kappa shape index (κ2) is 8.85. The van der Waals surface area contributed by atoms with Gasteiger partial charge in [0.1, 0.15) is 6.04 Å². The van der Waals surface area contributed by atoms with Crippen molar-refractivity contribution >= 4 is 5.97 Å². The van der Waals surface area contributed by atoms with Gasteiger partial charge in [0, 0.05) is 0 Å². The van der Waals surface area contributed by atoms with Gasteiger partial charge in [-0.05, 0) is 29.0 Å². The van der Waals surface area contributed by atoms with Crippen molar-refractivity contribution in [3.8, 4) is 0 Å². The van der Waals surface area contributed by atoms with E-state index in [2.05, 4.69) is 41.7 Å². The van der Waals surface area contributed by atoms with Crippen molar-refractivity contribution in [3.05, 3.63) is 108 Å². The number of carboxylic acids is 1. The molecule has 0 amide bonds. The first kappa shape index (κ1) is 19.8. The van der Waals surface area contributed by atoms with E-state index in [1.165, 1.54) is 0 Å². The second-order valence-corrected chi connectivity index (χ2v) is 7.51. The SMILES string of the molecule is CC(C)CC(NC(c1ccccc1)(c1ccccc1)c1ccccc1)C(=O)O. The van der Waals surface area contributed by atoms with Crippen molar-refractivity contribution < 1.29 is 9.90 Å². The van der Waals surface area contributed by atoms with Gasteiger partial charge in [-0.15, -0.1) is 0 Å². The molecule has 1 unspecified atom stereocenters. The molecule has 0 radical (unpaired) electrons. The number of hydrogen-bond acceptors (Lipinski definition) is 2. The third-order valence-corrected chi connectivity index (χ3v) is 5.02. The van der Waals surface area contributed by atoms with E-state index in [0.717, 1.165) is 16.7 Å². The lowest BCUT2D eigenvalue weighted by atomic mass is 9.76. The first-order chi connectivity index (χ1) is 13.5. The van der Waals surface area contributed by atoms with Gasteiger partial charge in [0.15, 0.2) is 0 Å². The average Bonchev–Trinajstić information content (AvgIpc) is 2.72. The molecule has 28 heavy (non-hydrogen) atoms. The van der Waals surface area contributed by atoms with Crippen molar-refractivity contribution in [3.63, 3.8) is 0 Å². The lowest BCUT2D eigenvalue weighted by Crippen LogP contribution is -2.53. The minimum Gasteiger partial charge on any atom is -0.480 e. The van der Waals surface area contributed by atoms with Crippen LogP contribution in [0.5, 0.6) is 0 Å². The summed E-state index contributed by atoms with van der Waals surface area (Å²) in [5.41, 5.74) is 2.29. The van der Waals surface area contributed by atoms with Crippen LogP contribution in [0, 0.1) is 5.92 Å². The summed E-state index contributed by atoms with van der Waals surface area (Å²) < 4.78 is 0. The molecular formula is C25H27NO2. The Morgan fingerprint density at radius 2 is 1.14 bits per heavy atom. The Morgan fingerprint density at radius 1 is 0.786 bits per heavy atom. The molecule has 3 aromatic carbocycles. The highest BCUT2D eigenvalue weighted by atomic mass is 16.4. The summed E-state index contributed by atoms with van der Waals surface area (Å²) in [7, 11) is 0. The van der Waals surface area contributed by atoms with Crippen LogP contribution in [0.2, 0.25) is 0 Å². The van der Waals surface area contributed by atoms with E-state index >= 15 is 0 Å². The van der Waals surface area contributed by atoms with Crippen LogP contribution in [0.4, 0.5) is 0 Å². The Morgan fingerprint density at radius 3 is 1.43 bits per heavy atom. The number of nitrogens with one attached hydrogen (secondary N) is 1. The minimum atomic E-state index is -0.833. The summed E-state index contributed by atoms with van der Waals surface area (Å²) in [6.07, 6.45) is 0.545. The van der Waals surface area contributed by atoms with Crippen LogP contribution < -0.4 is 5.32 Å². The summed E-state index contributed by atoms with van der Waals surface area (Å²) in [5.74, 6) is -0.575. The molecule has 3 heteroatoms. The van der Waals surface area contributed by atoms with Crippen molar-refractivity contribution in [1.29, 1.82) is 0 Å². The summed E-state index contributed by atoms with van der Waals surface area (Å²) >= 11 is 0. The monoisotopic (exact) mass is 373 g/mol. The van der Waals surface area contributed by atoms with Gasteiger partial charge in [-0.25, -0.2) is 0 Å². The maximum absolute atomic E-state index is 12.1. The van der Waals surface area contributed by atoms with Crippen LogP contribution in [0.1, 0.15) is 37.0 Å². The smallest absolute Gasteiger partial charge is 0.320 e. The zero-order chi connectivity index (χ0) is 20.0. The van der Waals surface area contributed by atoms with Crippen LogP contribution >= 0.6 is 0 Å². The van der Waals surface area contributed by atoms with Crippen molar-refractivity contribution in [1.82, 2.24) is 5.32 Å². The molecule has 0 saturated carbocycles. The molecule has 3 rings (SSSR count). The number of benzene rings is 3. The fraction of sp³-hybridized carbons (Fsp3) is 0.240. The summed E-state index contributed by atoms with van der Waals surface area (Å²) in [4.78, 5) is 12.1. The maximum Gasteiger partial charge on any atom is 0.320 e. The lowest BCUT2D eigenvalue weighted by Gasteiger charge is -2.39. The number of aliphatic carboxylic acids is 1. The topological polar surface area (TPSA) is 49.3 Å². The minimum absolute atomic E-state index is 0.258. The van der Waals surface area contributed by atoms with E-state index in [0.29, 0.717) is 6.42 Å². The highest BCUT2D eigenvalue weighted by Crippen LogP contribution is 2.37. The number of rotatable bonds is 8. The summed E-state index contributed by atoms with van der Waals surface area (Å²) in [6, 6.07) is 29.6. The van der Waals surface area contributed by atoms with E-state index in [4.69, 9.17) is 0 Å². The Hall–Kier alpha value is -2.91. The molecule has 0 spiro atoms. The molecule has 0 aliphatic rings. The average molecular weight is 373 g/mol. The first-order valence-corrected chi connectivity index (χ1v) is 9.71. The summed E-state index contributed by atoms with van der Waals surface area (Å²) in [6.45, 7) is 4.10. The Balaban J connectivity index is 2.26. The highest BCUT2D eigenvalue weighted by Gasteiger charge is 2.39. The number of hydrogen-bond donors (Lipinski definition) is 2. The fourth-order valence-electron chi connectivity index (χ4n) is 3.77. The van der Waals surface area contributed by atoms with Gasteiger partial charge in [-0.1, -0.05) is 105 Å². The molecule has 3 nitrogen and oxygen atoms in total. The van der Waals surface area contributed by atoms with Gasteiger partial charge in [0.05, 0.1) is 5.54 Å². The Kier molecular flexibility index (Phi) is 6.27. The lowest BCUT2D eigenvalue weighted by molar-refractivity contribution is -0.140. The summed E-state index contributed by atoms with van der Waals surface area (Å²) in [5, 5.41) is 13.5. The van der Waals surface area contributed by atoms with Gasteiger partial charge < -0.3 is 5.11 Å². The molecule has 0 bridgehead atoms. The Labute approximate surface area is 167 Å². The molecule has 144 valence electrons. The molecule has 0 aromatic heterocycles. The molecule has 3 aromatic rings. The van der Waals surface area contributed by atoms with Crippen molar-refractivity contribution in [2.45, 2.75) is 31.8 Å². The van der Waals surface area contributed by atoms with Crippen LogP contribution in [-0.2, 0) is 10.3 Å². The third kappa shape index (κ3) is 4.15. The third-order valence-electron chi connectivity index (χ3n) is 5.02. The van der Waals surface area contributed by atoms with Gasteiger partial charge >= 0.3 is 5.97 Å². The maximum atomic E-state index is 12.1. The molecule has 0 aliphatic heterocycles. The largest absolute Gasteiger partial charge is 0.480 e. The molecule has 0 fully saturated rings. The molecule has 0 saturated heterocycles. The van der Waals surface area contributed by atoms with Crippen LogP contribution in [-0.4, -0.2) is 17.1 Å². The van der Waals surface area contributed by atoms with Crippen LogP contribution in [0.25, 0.3) is 0 Å². The standard InChI is InChI=1S/C25H27NO2/c1-19(2)18-23(24(27)28)26-25(20-12-6-3-7-13-20,21-14-8-4-9-15-21)22-16-10-5-11-17-22/h3-17,19,23,26H,18H2,1-2H3,(H,27,28). The zero-order valence-corrected chi connectivity index (χ0v) is 16.4. The van der Waals surface area contributed by atoms with E-state index < -0.39 is 17.6 Å². The van der Waals surface area contributed by atoms with Gasteiger partial charge in [-0.2, -0.15) is 0 Å². The van der Waals surface area contributed by atoms with Crippen LogP contribution in [0.3, 0.4) is 0 Å². The van der Waals surface area contributed by atoms with Gasteiger partial charge in [0.2, 0.25) is 0 Å². The number of carboxylic acid groups (broad SMARTS) is 1. The molecule has 0 aliphatic carbocycles. The molecule has 2 N–H and O–H groups in total. The second-order valence-electron chi connectivity index (χ2n) is 7.51. The van der Waals surface area contributed by atoms with E-state index in [9.17, 15) is 9.90 Å². The molecule has 0 heterocycles. The van der Waals surface area contributed by atoms with E-state index in [1.807, 2.05) is 68.4 Å².